The van der Waals surface area contributed by atoms with Crippen molar-refractivity contribution in [2.24, 2.45) is 5.92 Å². The van der Waals surface area contributed by atoms with Crippen LogP contribution in [0.25, 0.3) is 0 Å². The second-order valence-corrected chi connectivity index (χ2v) is 6.27. The first kappa shape index (κ1) is 13.6. The van der Waals surface area contributed by atoms with Gasteiger partial charge in [0.15, 0.2) is 0 Å². The van der Waals surface area contributed by atoms with Gasteiger partial charge in [0.25, 0.3) is 5.91 Å². The van der Waals surface area contributed by atoms with Gasteiger partial charge in [0.1, 0.15) is 0 Å². The lowest BCUT2D eigenvalue weighted by atomic mass is 9.96. The number of carbonyl (C=O) groups excluding carboxylic acids is 1. The quantitative estimate of drug-likeness (QED) is 0.839. The third kappa shape index (κ3) is 3.56. The van der Waals surface area contributed by atoms with Gasteiger partial charge in [0, 0.05) is 31.7 Å². The highest BCUT2D eigenvalue weighted by Crippen LogP contribution is 2.20. The molecule has 0 spiro atoms. The second kappa shape index (κ2) is 6.34. The predicted molar refractivity (Wildman–Crippen MR) is 74.2 cm³/mol. The fraction of sp³-hybridized carbons (Fsp3) is 0.643. The van der Waals surface area contributed by atoms with E-state index in [-0.39, 0.29) is 5.91 Å². The average molecular weight is 267 g/mol. The normalized spacial score (nSPS) is 16.8. The highest BCUT2D eigenvalue weighted by molar-refractivity contribution is 7.13. The molecule has 0 aromatic carbocycles. The molecule has 1 aliphatic rings. The molecule has 1 amide bonds. The molecule has 3 nitrogen and oxygen atoms in total. The monoisotopic (exact) mass is 267 g/mol. The minimum atomic E-state index is 0.153. The first-order valence-corrected chi connectivity index (χ1v) is 7.38. The molecule has 2 heterocycles. The van der Waals surface area contributed by atoms with Crippen LogP contribution in [0.5, 0.6) is 0 Å². The summed E-state index contributed by atoms with van der Waals surface area (Å²) in [6.07, 6.45) is 3.37. The molecule has 1 fully saturated rings. The highest BCUT2D eigenvalue weighted by atomic mass is 32.1. The van der Waals surface area contributed by atoms with Crippen LogP contribution >= 0.6 is 11.3 Å². The molecule has 0 unspecified atom stereocenters. The van der Waals surface area contributed by atoms with Crippen LogP contribution in [0.2, 0.25) is 0 Å². The van der Waals surface area contributed by atoms with E-state index in [0.29, 0.717) is 0 Å². The summed E-state index contributed by atoms with van der Waals surface area (Å²) in [5, 5.41) is 0. The van der Waals surface area contributed by atoms with E-state index in [0.717, 1.165) is 49.8 Å². The highest BCUT2D eigenvalue weighted by Gasteiger charge is 2.17. The number of ether oxygens (including phenoxy) is 1. The summed E-state index contributed by atoms with van der Waals surface area (Å²) in [6, 6.07) is 3.93. The van der Waals surface area contributed by atoms with Gasteiger partial charge in [-0.3, -0.25) is 4.79 Å². The molecule has 0 saturated carbocycles. The summed E-state index contributed by atoms with van der Waals surface area (Å²) in [5.41, 5.74) is 0. The van der Waals surface area contributed by atoms with Gasteiger partial charge < -0.3 is 9.64 Å². The van der Waals surface area contributed by atoms with Gasteiger partial charge >= 0.3 is 0 Å². The Bertz CT molecular complexity index is 396. The van der Waals surface area contributed by atoms with Crippen molar-refractivity contribution in [3.05, 3.63) is 21.9 Å². The first-order chi connectivity index (χ1) is 8.66. The number of hydrogen-bond acceptors (Lipinski definition) is 3. The summed E-state index contributed by atoms with van der Waals surface area (Å²) in [4.78, 5) is 16.0. The number of amides is 1. The number of carbonyl (C=O) groups is 1. The minimum absolute atomic E-state index is 0.153. The zero-order valence-electron chi connectivity index (χ0n) is 11.1. The summed E-state index contributed by atoms with van der Waals surface area (Å²) in [5.74, 6) is 0.874. The van der Waals surface area contributed by atoms with Gasteiger partial charge in [-0.05, 0) is 44.2 Å². The van der Waals surface area contributed by atoms with Crippen molar-refractivity contribution in [2.75, 3.05) is 26.8 Å². The van der Waals surface area contributed by atoms with Crippen LogP contribution < -0.4 is 0 Å². The molecule has 0 atom stereocenters. The third-order valence-corrected chi connectivity index (χ3v) is 4.50. The molecule has 0 bridgehead atoms. The molecule has 1 aliphatic heterocycles. The van der Waals surface area contributed by atoms with Gasteiger partial charge in [0.05, 0.1) is 4.88 Å². The first-order valence-electron chi connectivity index (χ1n) is 6.56. The van der Waals surface area contributed by atoms with E-state index in [4.69, 9.17) is 4.74 Å². The topological polar surface area (TPSA) is 29.5 Å². The molecule has 100 valence electrons. The fourth-order valence-electron chi connectivity index (χ4n) is 2.25. The van der Waals surface area contributed by atoms with Crippen molar-refractivity contribution in [3.8, 4) is 0 Å². The molecule has 1 saturated heterocycles. The number of hydrogen-bond donors (Lipinski definition) is 0. The second-order valence-electron chi connectivity index (χ2n) is 4.98. The van der Waals surface area contributed by atoms with Crippen molar-refractivity contribution in [3.63, 3.8) is 0 Å². The Morgan fingerprint density at radius 1 is 1.44 bits per heavy atom. The Balaban J connectivity index is 1.80. The molecule has 0 N–H and O–H groups in total. The lowest BCUT2D eigenvalue weighted by Crippen LogP contribution is -2.29. The maximum atomic E-state index is 12.1. The molecule has 0 aliphatic carbocycles. The summed E-state index contributed by atoms with van der Waals surface area (Å²) in [6.45, 7) is 4.64. The minimum Gasteiger partial charge on any atom is -0.381 e. The zero-order valence-corrected chi connectivity index (χ0v) is 12.0. The predicted octanol–water partition coefficient (Wildman–Crippen LogP) is 2.95. The fourth-order valence-corrected chi connectivity index (χ4v) is 3.11. The van der Waals surface area contributed by atoms with Gasteiger partial charge in [-0.25, -0.2) is 0 Å². The zero-order chi connectivity index (χ0) is 13.0. The average Bonchev–Trinajstić information content (AvgIpc) is 2.83. The Hall–Kier alpha value is -0.870. The van der Waals surface area contributed by atoms with Crippen LogP contribution in [-0.2, 0) is 4.74 Å². The lowest BCUT2D eigenvalue weighted by Gasteiger charge is -2.24. The van der Waals surface area contributed by atoms with E-state index < -0.39 is 0 Å². The van der Waals surface area contributed by atoms with Crippen molar-refractivity contribution in [1.29, 1.82) is 0 Å². The maximum Gasteiger partial charge on any atom is 0.263 e. The Morgan fingerprint density at radius 2 is 2.17 bits per heavy atom. The maximum absolute atomic E-state index is 12.1. The Kier molecular flexibility index (Phi) is 4.78. The van der Waals surface area contributed by atoms with Crippen molar-refractivity contribution >= 4 is 17.2 Å². The van der Waals surface area contributed by atoms with E-state index in [2.05, 4.69) is 0 Å². The number of rotatable bonds is 4. The van der Waals surface area contributed by atoms with Crippen molar-refractivity contribution in [2.45, 2.75) is 26.2 Å². The standard InChI is InChI=1S/C14H21NO2S/c1-11-3-4-13(18-11)14(16)15(2)8-5-12-6-9-17-10-7-12/h3-4,12H,5-10H2,1-2H3. The van der Waals surface area contributed by atoms with Crippen molar-refractivity contribution < 1.29 is 9.53 Å². The largest absolute Gasteiger partial charge is 0.381 e. The molecular formula is C14H21NO2S. The number of aryl methyl sites for hydroxylation is 1. The van der Waals surface area contributed by atoms with Gasteiger partial charge in [-0.1, -0.05) is 0 Å². The molecule has 2 rings (SSSR count). The molecule has 18 heavy (non-hydrogen) atoms. The molecule has 1 aromatic rings. The van der Waals surface area contributed by atoms with Gasteiger partial charge in [-0.2, -0.15) is 0 Å². The van der Waals surface area contributed by atoms with E-state index in [1.54, 1.807) is 11.3 Å². The van der Waals surface area contributed by atoms with Crippen molar-refractivity contribution in [1.82, 2.24) is 4.90 Å². The summed E-state index contributed by atoms with van der Waals surface area (Å²) < 4.78 is 5.35. The smallest absolute Gasteiger partial charge is 0.263 e. The lowest BCUT2D eigenvalue weighted by molar-refractivity contribution is 0.0584. The molecular weight excluding hydrogens is 246 g/mol. The number of nitrogens with zero attached hydrogens (tertiary/aromatic N) is 1. The van der Waals surface area contributed by atoms with Crippen LogP contribution in [0, 0.1) is 12.8 Å². The third-order valence-electron chi connectivity index (χ3n) is 3.51. The van der Waals surface area contributed by atoms with E-state index in [1.807, 2.05) is 31.0 Å². The van der Waals surface area contributed by atoms with Crippen LogP contribution in [0.4, 0.5) is 0 Å². The van der Waals surface area contributed by atoms with Gasteiger partial charge in [0.2, 0.25) is 0 Å². The number of thiophene rings is 1. The Morgan fingerprint density at radius 3 is 2.78 bits per heavy atom. The van der Waals surface area contributed by atoms with Crippen LogP contribution in [-0.4, -0.2) is 37.6 Å². The van der Waals surface area contributed by atoms with Crippen LogP contribution in [0.15, 0.2) is 12.1 Å². The Labute approximate surface area is 113 Å². The van der Waals surface area contributed by atoms with E-state index in [9.17, 15) is 4.79 Å². The molecule has 4 heteroatoms. The summed E-state index contributed by atoms with van der Waals surface area (Å²) in [7, 11) is 1.90. The molecule has 1 aromatic heterocycles. The van der Waals surface area contributed by atoms with Crippen LogP contribution in [0.3, 0.4) is 0 Å². The van der Waals surface area contributed by atoms with E-state index >= 15 is 0 Å². The summed E-state index contributed by atoms with van der Waals surface area (Å²) >= 11 is 1.57. The van der Waals surface area contributed by atoms with Gasteiger partial charge in [-0.15, -0.1) is 11.3 Å². The molecule has 0 radical (unpaired) electrons. The van der Waals surface area contributed by atoms with Crippen LogP contribution in [0.1, 0.15) is 33.8 Å². The van der Waals surface area contributed by atoms with E-state index in [1.165, 1.54) is 4.88 Å². The SMILES string of the molecule is Cc1ccc(C(=O)N(C)CCC2CCOCC2)s1.